The van der Waals surface area contributed by atoms with Crippen LogP contribution in [-0.2, 0) is 0 Å². The first-order chi connectivity index (χ1) is 12.5. The van der Waals surface area contributed by atoms with Crippen molar-refractivity contribution in [3.8, 4) is 11.3 Å². The number of aromatic nitrogens is 4. The zero-order chi connectivity index (χ0) is 18.3. The third-order valence-electron chi connectivity index (χ3n) is 5.86. The second kappa shape index (κ2) is 6.34. The monoisotopic (exact) mass is 353 g/mol. The van der Waals surface area contributed by atoms with Crippen LogP contribution < -0.4 is 4.90 Å². The molecule has 4 rings (SSSR count). The lowest BCUT2D eigenvalue weighted by atomic mass is 9.78. The number of aromatic amines is 1. The Morgan fingerprint density at radius 2 is 2.04 bits per heavy atom. The molecule has 0 amide bonds. The lowest BCUT2D eigenvalue weighted by Gasteiger charge is -2.39. The Morgan fingerprint density at radius 1 is 1.27 bits per heavy atom. The van der Waals surface area contributed by atoms with Gasteiger partial charge < -0.3 is 4.90 Å². The van der Waals surface area contributed by atoms with Gasteiger partial charge in [0.15, 0.2) is 0 Å². The molecule has 1 aliphatic rings. The fraction of sp³-hybridized carbons (Fsp3) is 0.450. The van der Waals surface area contributed by atoms with Crippen LogP contribution in [0.2, 0.25) is 0 Å². The van der Waals surface area contributed by atoms with Gasteiger partial charge in [0.1, 0.15) is 17.2 Å². The highest BCUT2D eigenvalue weighted by molar-refractivity contribution is 5.88. The Morgan fingerprint density at radius 3 is 2.77 bits per heavy atom. The Kier molecular flexibility index (Phi) is 4.13. The van der Waals surface area contributed by atoms with E-state index in [2.05, 4.69) is 38.9 Å². The average molecular weight is 353 g/mol. The minimum atomic E-state index is -0.251. The van der Waals surface area contributed by atoms with Crippen molar-refractivity contribution < 1.29 is 4.39 Å². The number of benzene rings is 1. The second-order valence-electron chi connectivity index (χ2n) is 7.59. The van der Waals surface area contributed by atoms with Gasteiger partial charge in [0.25, 0.3) is 0 Å². The number of H-pyrrole nitrogens is 1. The summed E-state index contributed by atoms with van der Waals surface area (Å²) in [5.74, 6) is 0.595. The summed E-state index contributed by atoms with van der Waals surface area (Å²) in [6.07, 6.45) is 5.30. The van der Waals surface area contributed by atoms with E-state index in [0.29, 0.717) is 33.4 Å². The largest absolute Gasteiger partial charge is 0.355 e. The Hall–Kier alpha value is -2.50. The van der Waals surface area contributed by atoms with E-state index >= 15 is 0 Å². The maximum absolute atomic E-state index is 14.5. The molecule has 0 aliphatic carbocycles. The second-order valence-corrected chi connectivity index (χ2v) is 7.59. The van der Waals surface area contributed by atoms with Crippen LogP contribution in [-0.4, -0.2) is 33.3 Å². The Labute approximate surface area is 152 Å². The van der Waals surface area contributed by atoms with E-state index in [0.717, 1.165) is 31.7 Å². The van der Waals surface area contributed by atoms with E-state index in [1.807, 2.05) is 6.07 Å². The summed E-state index contributed by atoms with van der Waals surface area (Å²) >= 11 is 0. The highest BCUT2D eigenvalue weighted by atomic mass is 19.1. The number of nitrogens with one attached hydrogen (secondary N) is 1. The fourth-order valence-electron chi connectivity index (χ4n) is 3.60. The maximum atomic E-state index is 14.5. The van der Waals surface area contributed by atoms with Gasteiger partial charge >= 0.3 is 0 Å². The molecule has 0 atom stereocenters. The molecule has 6 heteroatoms. The summed E-state index contributed by atoms with van der Waals surface area (Å²) in [6, 6.07) is 5.32. The number of piperidine rings is 1. The van der Waals surface area contributed by atoms with Crippen molar-refractivity contribution in [1.82, 2.24) is 20.2 Å². The number of nitrogens with zero attached hydrogens (tertiary/aromatic N) is 4. The molecule has 1 saturated heterocycles. The van der Waals surface area contributed by atoms with Crippen LogP contribution in [0.4, 0.5) is 10.2 Å². The van der Waals surface area contributed by atoms with Crippen LogP contribution in [0.3, 0.4) is 0 Å². The number of hydrogen-bond acceptors (Lipinski definition) is 4. The first kappa shape index (κ1) is 16.9. The number of halogens is 1. The highest BCUT2D eigenvalue weighted by Crippen LogP contribution is 2.35. The fourth-order valence-corrected chi connectivity index (χ4v) is 3.60. The van der Waals surface area contributed by atoms with E-state index in [4.69, 9.17) is 0 Å². The molecule has 1 aromatic carbocycles. The Balaban J connectivity index is 1.65. The van der Waals surface area contributed by atoms with Crippen LogP contribution in [0.25, 0.3) is 22.4 Å². The van der Waals surface area contributed by atoms with Crippen molar-refractivity contribution in [3.05, 3.63) is 35.8 Å². The molecule has 1 N–H and O–H groups in total. The van der Waals surface area contributed by atoms with Crippen molar-refractivity contribution in [2.45, 2.75) is 40.0 Å². The number of rotatable bonds is 3. The first-order valence-electron chi connectivity index (χ1n) is 9.22. The van der Waals surface area contributed by atoms with E-state index in [9.17, 15) is 4.39 Å². The van der Waals surface area contributed by atoms with Crippen LogP contribution in [0.1, 0.15) is 38.7 Å². The molecule has 1 fully saturated rings. The van der Waals surface area contributed by atoms with E-state index in [-0.39, 0.29) is 5.82 Å². The molecular formula is C20H24FN5. The molecule has 1 aliphatic heterocycles. The molecule has 2 aromatic heterocycles. The van der Waals surface area contributed by atoms with Crippen LogP contribution in [0.15, 0.2) is 24.4 Å². The highest BCUT2D eigenvalue weighted by Gasteiger charge is 2.29. The topological polar surface area (TPSA) is 57.7 Å². The van der Waals surface area contributed by atoms with E-state index in [1.165, 1.54) is 6.42 Å². The zero-order valence-electron chi connectivity index (χ0n) is 15.5. The molecule has 0 bridgehead atoms. The predicted molar refractivity (Wildman–Crippen MR) is 102 cm³/mol. The lowest BCUT2D eigenvalue weighted by Crippen LogP contribution is -2.38. The predicted octanol–water partition coefficient (Wildman–Crippen LogP) is 4.48. The third kappa shape index (κ3) is 2.83. The number of fused-ring (bicyclic) bond motifs is 1. The quantitative estimate of drug-likeness (QED) is 0.754. The summed E-state index contributed by atoms with van der Waals surface area (Å²) in [6.45, 7) is 8.33. The maximum Gasteiger partial charge on any atom is 0.202 e. The van der Waals surface area contributed by atoms with Gasteiger partial charge in [-0.1, -0.05) is 32.4 Å². The van der Waals surface area contributed by atoms with Crippen LogP contribution >= 0.6 is 0 Å². The summed E-state index contributed by atoms with van der Waals surface area (Å²) in [7, 11) is 0. The minimum absolute atomic E-state index is 0.251. The summed E-state index contributed by atoms with van der Waals surface area (Å²) < 4.78 is 14.5. The molecular weight excluding hydrogens is 329 g/mol. The molecule has 0 unspecified atom stereocenters. The van der Waals surface area contributed by atoms with Crippen molar-refractivity contribution in [2.24, 2.45) is 5.41 Å². The Bertz CT molecular complexity index is 941. The molecule has 3 heterocycles. The van der Waals surface area contributed by atoms with E-state index < -0.39 is 0 Å². The standard InChI is InChI=1S/C20H24FN5/c1-4-20(3)8-10-26(11-9-20)15-12-22-18-17(24-25-19(18)23-15)14-7-5-6-13(2)16(14)21/h5-7,12H,4,8-11H2,1-3H3,(H,23,24,25). The zero-order valence-corrected chi connectivity index (χ0v) is 15.5. The summed E-state index contributed by atoms with van der Waals surface area (Å²) in [5, 5.41) is 7.19. The van der Waals surface area contributed by atoms with Gasteiger partial charge in [0.2, 0.25) is 5.65 Å². The SMILES string of the molecule is CCC1(C)CCN(c2cnc3c(-c4cccc(C)c4F)[nH]nc3n2)CC1. The minimum Gasteiger partial charge on any atom is -0.355 e. The van der Waals surface area contributed by atoms with Gasteiger partial charge in [-0.2, -0.15) is 5.10 Å². The normalized spacial score (nSPS) is 17.0. The van der Waals surface area contributed by atoms with Crippen molar-refractivity contribution in [1.29, 1.82) is 0 Å². The molecule has 3 aromatic rings. The molecule has 0 saturated carbocycles. The molecule has 136 valence electrons. The van der Waals surface area contributed by atoms with Crippen molar-refractivity contribution in [3.63, 3.8) is 0 Å². The van der Waals surface area contributed by atoms with Gasteiger partial charge in [-0.05, 0) is 36.8 Å². The lowest BCUT2D eigenvalue weighted by molar-refractivity contribution is 0.238. The number of hydrogen-bond donors (Lipinski definition) is 1. The van der Waals surface area contributed by atoms with Crippen LogP contribution in [0, 0.1) is 18.2 Å². The smallest absolute Gasteiger partial charge is 0.202 e. The van der Waals surface area contributed by atoms with Crippen molar-refractivity contribution >= 4 is 17.0 Å². The average Bonchev–Trinajstić information content (AvgIpc) is 3.07. The van der Waals surface area contributed by atoms with Crippen molar-refractivity contribution in [2.75, 3.05) is 18.0 Å². The van der Waals surface area contributed by atoms with Gasteiger partial charge in [-0.3, -0.25) is 5.10 Å². The molecule has 5 nitrogen and oxygen atoms in total. The van der Waals surface area contributed by atoms with Gasteiger partial charge in [0.05, 0.1) is 11.9 Å². The summed E-state index contributed by atoms with van der Waals surface area (Å²) in [4.78, 5) is 11.5. The van der Waals surface area contributed by atoms with Gasteiger partial charge in [-0.25, -0.2) is 14.4 Å². The van der Waals surface area contributed by atoms with Gasteiger partial charge in [0, 0.05) is 18.7 Å². The number of aryl methyl sites for hydroxylation is 1. The van der Waals surface area contributed by atoms with Crippen LogP contribution in [0.5, 0.6) is 0 Å². The molecule has 26 heavy (non-hydrogen) atoms. The summed E-state index contributed by atoms with van der Waals surface area (Å²) in [5.41, 5.74) is 3.22. The number of anilines is 1. The van der Waals surface area contributed by atoms with Gasteiger partial charge in [-0.15, -0.1) is 0 Å². The van der Waals surface area contributed by atoms with E-state index in [1.54, 1.807) is 25.3 Å². The first-order valence-corrected chi connectivity index (χ1v) is 9.22. The molecule has 0 radical (unpaired) electrons. The molecule has 0 spiro atoms. The third-order valence-corrected chi connectivity index (χ3v) is 5.86.